The van der Waals surface area contributed by atoms with Gasteiger partial charge >= 0.3 is 0 Å². The summed E-state index contributed by atoms with van der Waals surface area (Å²) in [6.07, 6.45) is 0.787. The second kappa shape index (κ2) is 9.10. The number of aromatic nitrogens is 2. The molecule has 0 fully saturated rings. The molecule has 10 heteroatoms. The highest BCUT2D eigenvalue weighted by atomic mass is 32.2. The molecular weight excluding hydrogens is 417 g/mol. The molecule has 0 spiro atoms. The zero-order valence-corrected chi connectivity index (χ0v) is 17.1. The molecule has 1 amide bonds. The molecule has 152 valence electrons. The molecule has 0 bridgehead atoms. The Hall–Kier alpha value is -2.85. The predicted molar refractivity (Wildman–Crippen MR) is 107 cm³/mol. The van der Waals surface area contributed by atoms with E-state index < -0.39 is 27.3 Å². The summed E-state index contributed by atoms with van der Waals surface area (Å²) in [5, 5.41) is 9.92. The standard InChI is InChI=1S/C19H18FN3O4S2/c1-2-11-27-16-10-6-4-8-14(16)17(24)21-18-22-23-19(28-18)29(25,26)12-13-7-3-5-9-15(13)20/h3-10H,2,11-12H2,1H3,(H,21,22,24). The lowest BCUT2D eigenvalue weighted by molar-refractivity contribution is 0.102. The van der Waals surface area contributed by atoms with Gasteiger partial charge in [0.15, 0.2) is 0 Å². The van der Waals surface area contributed by atoms with Crippen molar-refractivity contribution in [1.29, 1.82) is 0 Å². The van der Waals surface area contributed by atoms with Gasteiger partial charge < -0.3 is 4.74 Å². The second-order valence-electron chi connectivity index (χ2n) is 6.02. The van der Waals surface area contributed by atoms with Crippen LogP contribution in [0.3, 0.4) is 0 Å². The van der Waals surface area contributed by atoms with Gasteiger partial charge in [-0.2, -0.15) is 0 Å². The normalized spacial score (nSPS) is 11.2. The highest BCUT2D eigenvalue weighted by molar-refractivity contribution is 7.92. The molecule has 29 heavy (non-hydrogen) atoms. The summed E-state index contributed by atoms with van der Waals surface area (Å²) in [6, 6.07) is 12.3. The monoisotopic (exact) mass is 435 g/mol. The van der Waals surface area contributed by atoms with Crippen LogP contribution in [0.1, 0.15) is 29.3 Å². The first-order valence-electron chi connectivity index (χ1n) is 8.73. The largest absolute Gasteiger partial charge is 0.493 e. The van der Waals surface area contributed by atoms with Crippen LogP contribution in [0.15, 0.2) is 52.9 Å². The van der Waals surface area contributed by atoms with E-state index >= 15 is 0 Å². The molecule has 0 unspecified atom stereocenters. The van der Waals surface area contributed by atoms with Crippen LogP contribution in [0.5, 0.6) is 5.75 Å². The van der Waals surface area contributed by atoms with E-state index in [-0.39, 0.29) is 15.0 Å². The first-order valence-corrected chi connectivity index (χ1v) is 11.2. The molecular formula is C19H18FN3O4S2. The van der Waals surface area contributed by atoms with Crippen molar-refractivity contribution in [3.63, 3.8) is 0 Å². The third-order valence-electron chi connectivity index (χ3n) is 3.79. The van der Waals surface area contributed by atoms with Gasteiger partial charge in [-0.3, -0.25) is 10.1 Å². The van der Waals surface area contributed by atoms with Crippen LogP contribution in [-0.2, 0) is 15.6 Å². The smallest absolute Gasteiger partial charge is 0.261 e. The van der Waals surface area contributed by atoms with Crippen LogP contribution >= 0.6 is 11.3 Å². The van der Waals surface area contributed by atoms with Gasteiger partial charge in [0, 0.05) is 5.56 Å². The molecule has 0 aliphatic rings. The minimum absolute atomic E-state index is 0.0207. The highest BCUT2D eigenvalue weighted by Gasteiger charge is 2.23. The van der Waals surface area contributed by atoms with Gasteiger partial charge in [-0.15, -0.1) is 10.2 Å². The van der Waals surface area contributed by atoms with Crippen molar-refractivity contribution in [1.82, 2.24) is 10.2 Å². The molecule has 0 aliphatic carbocycles. The number of hydrogen-bond donors (Lipinski definition) is 1. The summed E-state index contributed by atoms with van der Waals surface area (Å²) >= 11 is 0.706. The summed E-state index contributed by atoms with van der Waals surface area (Å²) in [5.74, 6) is -1.23. The minimum atomic E-state index is -3.91. The Bertz CT molecular complexity index is 1120. The number of sulfone groups is 1. The van der Waals surface area contributed by atoms with Gasteiger partial charge in [0.2, 0.25) is 19.3 Å². The quantitative estimate of drug-likeness (QED) is 0.542. The van der Waals surface area contributed by atoms with Gasteiger partial charge in [-0.05, 0) is 24.6 Å². The van der Waals surface area contributed by atoms with Gasteiger partial charge in [0.1, 0.15) is 11.6 Å². The number of benzene rings is 2. The Morgan fingerprint density at radius 1 is 1.14 bits per heavy atom. The van der Waals surface area contributed by atoms with Crippen LogP contribution in [0.2, 0.25) is 0 Å². The van der Waals surface area contributed by atoms with Gasteiger partial charge in [0.05, 0.1) is 17.9 Å². The third kappa shape index (κ3) is 5.15. The summed E-state index contributed by atoms with van der Waals surface area (Å²) in [6.45, 7) is 2.41. The van der Waals surface area contributed by atoms with E-state index in [1.807, 2.05) is 6.92 Å². The van der Waals surface area contributed by atoms with E-state index in [0.29, 0.717) is 29.3 Å². The Morgan fingerprint density at radius 3 is 2.62 bits per heavy atom. The van der Waals surface area contributed by atoms with Gasteiger partial charge in [-0.1, -0.05) is 48.6 Å². The molecule has 0 saturated heterocycles. The maximum absolute atomic E-state index is 13.8. The number of amides is 1. The van der Waals surface area contributed by atoms with Crippen LogP contribution in [-0.4, -0.2) is 31.1 Å². The molecule has 2 aromatic carbocycles. The fourth-order valence-electron chi connectivity index (χ4n) is 2.42. The van der Waals surface area contributed by atoms with Crippen molar-refractivity contribution >= 4 is 32.2 Å². The Labute approximate surface area is 171 Å². The van der Waals surface area contributed by atoms with E-state index in [1.165, 1.54) is 18.2 Å². The van der Waals surface area contributed by atoms with Crippen molar-refractivity contribution in [2.24, 2.45) is 0 Å². The molecule has 7 nitrogen and oxygen atoms in total. The molecule has 0 saturated carbocycles. The number of carbonyl (C=O) groups is 1. The lowest BCUT2D eigenvalue weighted by atomic mass is 10.2. The maximum atomic E-state index is 13.8. The Kier molecular flexibility index (Phi) is 6.55. The zero-order chi connectivity index (χ0) is 20.9. The molecule has 1 N–H and O–H groups in total. The molecule has 1 heterocycles. The average Bonchev–Trinajstić information content (AvgIpc) is 3.18. The molecule has 3 aromatic rings. The number of nitrogens with zero attached hydrogens (tertiary/aromatic N) is 2. The second-order valence-corrected chi connectivity index (χ2v) is 9.16. The van der Waals surface area contributed by atoms with E-state index in [0.717, 1.165) is 6.42 Å². The maximum Gasteiger partial charge on any atom is 0.261 e. The molecule has 3 rings (SSSR count). The van der Waals surface area contributed by atoms with Crippen molar-refractivity contribution in [3.8, 4) is 5.75 Å². The summed E-state index contributed by atoms with van der Waals surface area (Å²) in [5.41, 5.74) is 0.335. The number of rotatable bonds is 8. The Morgan fingerprint density at radius 2 is 1.86 bits per heavy atom. The molecule has 1 aromatic heterocycles. The number of carbonyl (C=O) groups excluding carboxylic acids is 1. The van der Waals surface area contributed by atoms with Crippen LogP contribution < -0.4 is 10.1 Å². The SMILES string of the molecule is CCCOc1ccccc1C(=O)Nc1nnc(S(=O)(=O)Cc2ccccc2F)s1. The molecule has 0 atom stereocenters. The number of hydrogen-bond acceptors (Lipinski definition) is 7. The lowest BCUT2D eigenvalue weighted by Crippen LogP contribution is -2.13. The van der Waals surface area contributed by atoms with Crippen molar-refractivity contribution in [2.75, 3.05) is 11.9 Å². The molecule has 0 radical (unpaired) electrons. The van der Waals surface area contributed by atoms with Crippen molar-refractivity contribution in [3.05, 3.63) is 65.5 Å². The predicted octanol–water partition coefficient (Wildman–Crippen LogP) is 3.69. The highest BCUT2D eigenvalue weighted by Crippen LogP contribution is 2.26. The first-order chi connectivity index (χ1) is 13.9. The number of ether oxygens (including phenoxy) is 1. The lowest BCUT2D eigenvalue weighted by Gasteiger charge is -2.09. The zero-order valence-electron chi connectivity index (χ0n) is 15.5. The van der Waals surface area contributed by atoms with Crippen LogP contribution in [0.25, 0.3) is 0 Å². The number of para-hydroxylation sites is 1. The number of anilines is 1. The Balaban J connectivity index is 1.75. The summed E-state index contributed by atoms with van der Waals surface area (Å²) < 4.78 is 44.0. The van der Waals surface area contributed by atoms with Gasteiger partial charge in [-0.25, -0.2) is 12.8 Å². The fourth-order valence-corrected chi connectivity index (χ4v) is 4.75. The number of nitrogens with one attached hydrogen (secondary N) is 1. The fraction of sp³-hybridized carbons (Fsp3) is 0.211. The van der Waals surface area contributed by atoms with E-state index in [4.69, 9.17) is 4.74 Å². The molecule has 0 aliphatic heterocycles. The summed E-state index contributed by atoms with van der Waals surface area (Å²) in [4.78, 5) is 12.5. The van der Waals surface area contributed by atoms with Crippen LogP contribution in [0, 0.1) is 5.82 Å². The van der Waals surface area contributed by atoms with E-state index in [1.54, 1.807) is 30.3 Å². The number of halogens is 1. The van der Waals surface area contributed by atoms with Crippen molar-refractivity contribution < 1.29 is 22.3 Å². The van der Waals surface area contributed by atoms with Gasteiger partial charge in [0.25, 0.3) is 5.91 Å². The van der Waals surface area contributed by atoms with E-state index in [9.17, 15) is 17.6 Å². The summed E-state index contributed by atoms with van der Waals surface area (Å²) in [7, 11) is -3.91. The third-order valence-corrected chi connectivity index (χ3v) is 6.74. The van der Waals surface area contributed by atoms with E-state index in [2.05, 4.69) is 15.5 Å². The topological polar surface area (TPSA) is 98.2 Å². The van der Waals surface area contributed by atoms with Crippen molar-refractivity contribution in [2.45, 2.75) is 23.4 Å². The average molecular weight is 436 g/mol. The first kappa shape index (κ1) is 20.9. The minimum Gasteiger partial charge on any atom is -0.493 e. The van der Waals surface area contributed by atoms with Crippen LogP contribution in [0.4, 0.5) is 9.52 Å².